The summed E-state index contributed by atoms with van der Waals surface area (Å²) < 4.78 is 15.0. The molecule has 1 aromatic rings. The first-order valence-electron chi connectivity index (χ1n) is 7.42. The lowest BCUT2D eigenvalue weighted by Crippen LogP contribution is -2.34. The van der Waals surface area contributed by atoms with Crippen molar-refractivity contribution in [1.82, 2.24) is 4.90 Å². The molecule has 0 unspecified atom stereocenters. The van der Waals surface area contributed by atoms with Gasteiger partial charge in [0.15, 0.2) is 0 Å². The topological polar surface area (TPSA) is 85.3 Å². The largest absolute Gasteiger partial charge is 0.497 e. The molecule has 0 spiro atoms. The maximum absolute atomic E-state index is 12.3. The number of benzene rings is 1. The average molecular weight is 337 g/mol. The molecule has 0 heterocycles. The van der Waals surface area contributed by atoms with Crippen molar-refractivity contribution in [3.05, 3.63) is 29.8 Å². The van der Waals surface area contributed by atoms with E-state index >= 15 is 0 Å². The van der Waals surface area contributed by atoms with Gasteiger partial charge in [-0.05, 0) is 24.3 Å². The highest BCUT2D eigenvalue weighted by atomic mass is 16.5. The molecule has 0 saturated heterocycles. The van der Waals surface area contributed by atoms with Gasteiger partial charge in [-0.1, -0.05) is 0 Å². The predicted octanol–water partition coefficient (Wildman–Crippen LogP) is 1.10. The molecule has 0 aliphatic heterocycles. The fraction of sp³-hybridized carbons (Fsp3) is 0.412. The molecule has 1 amide bonds. The molecule has 7 heteroatoms. The number of rotatable bonds is 9. The van der Waals surface area contributed by atoms with Crippen molar-refractivity contribution in [3.8, 4) is 11.5 Å². The van der Waals surface area contributed by atoms with Crippen LogP contribution in [-0.4, -0.2) is 62.9 Å². The van der Waals surface area contributed by atoms with E-state index in [0.717, 1.165) is 0 Å². The number of amides is 1. The maximum atomic E-state index is 12.3. The van der Waals surface area contributed by atoms with Crippen molar-refractivity contribution in [2.75, 3.05) is 41.0 Å². The molecule has 0 fully saturated rings. The summed E-state index contributed by atoms with van der Waals surface area (Å²) in [6.07, 6.45) is 3.04. The van der Waals surface area contributed by atoms with Crippen LogP contribution in [0.15, 0.2) is 24.3 Å². The zero-order valence-electron chi connectivity index (χ0n) is 14.2. The van der Waals surface area contributed by atoms with Gasteiger partial charge in [0.25, 0.3) is 0 Å². The van der Waals surface area contributed by atoms with Gasteiger partial charge in [0.1, 0.15) is 11.5 Å². The van der Waals surface area contributed by atoms with Crippen LogP contribution in [0.4, 0.5) is 0 Å². The summed E-state index contributed by atoms with van der Waals surface area (Å²) in [6.45, 7) is 0.115. The van der Waals surface area contributed by atoms with Gasteiger partial charge in [0.2, 0.25) is 5.91 Å². The van der Waals surface area contributed by atoms with E-state index in [9.17, 15) is 9.59 Å². The number of aliphatic hydroxyl groups excluding tert-OH is 1. The Kier molecular flexibility index (Phi) is 8.35. The van der Waals surface area contributed by atoms with Crippen LogP contribution < -0.4 is 9.47 Å². The summed E-state index contributed by atoms with van der Waals surface area (Å²) in [4.78, 5) is 24.8. The standard InChI is InChI=1S/C17H23NO6/c1-22-14-5-6-15(23-2)13(12-14)4-7-16(20)18(10-11-19)9-8-17(21)24-3/h4-7,12,19H,8-11H2,1-3H3/b7-4+. The van der Waals surface area contributed by atoms with Crippen LogP contribution in [0.25, 0.3) is 6.08 Å². The van der Waals surface area contributed by atoms with E-state index < -0.39 is 5.97 Å². The van der Waals surface area contributed by atoms with E-state index in [-0.39, 0.29) is 32.0 Å². The van der Waals surface area contributed by atoms with Crippen molar-refractivity contribution in [1.29, 1.82) is 0 Å². The van der Waals surface area contributed by atoms with Gasteiger partial charge in [0.05, 0.1) is 34.4 Å². The highest BCUT2D eigenvalue weighted by molar-refractivity contribution is 5.92. The number of nitrogens with zero attached hydrogens (tertiary/aromatic N) is 1. The Morgan fingerprint density at radius 2 is 1.92 bits per heavy atom. The molecule has 132 valence electrons. The lowest BCUT2D eigenvalue weighted by atomic mass is 10.1. The second-order valence-corrected chi connectivity index (χ2v) is 4.82. The fourth-order valence-corrected chi connectivity index (χ4v) is 2.02. The number of carbonyl (C=O) groups excluding carboxylic acids is 2. The Hall–Kier alpha value is -2.54. The van der Waals surface area contributed by atoms with E-state index in [1.807, 2.05) is 0 Å². The van der Waals surface area contributed by atoms with Gasteiger partial charge in [-0.3, -0.25) is 9.59 Å². The number of hydrogen-bond donors (Lipinski definition) is 1. The van der Waals surface area contributed by atoms with Crippen LogP contribution in [-0.2, 0) is 14.3 Å². The van der Waals surface area contributed by atoms with E-state index in [0.29, 0.717) is 17.1 Å². The van der Waals surface area contributed by atoms with Crippen LogP contribution in [0.3, 0.4) is 0 Å². The lowest BCUT2D eigenvalue weighted by Gasteiger charge is -2.19. The minimum atomic E-state index is -0.413. The van der Waals surface area contributed by atoms with Crippen molar-refractivity contribution in [2.24, 2.45) is 0 Å². The fourth-order valence-electron chi connectivity index (χ4n) is 2.02. The zero-order valence-corrected chi connectivity index (χ0v) is 14.2. The zero-order chi connectivity index (χ0) is 17.9. The van der Waals surface area contributed by atoms with Gasteiger partial charge in [-0.15, -0.1) is 0 Å². The smallest absolute Gasteiger partial charge is 0.307 e. The molecule has 24 heavy (non-hydrogen) atoms. The third kappa shape index (κ3) is 5.92. The quantitative estimate of drug-likeness (QED) is 0.536. The maximum Gasteiger partial charge on any atom is 0.307 e. The first kappa shape index (κ1) is 19.5. The number of esters is 1. The Morgan fingerprint density at radius 1 is 1.17 bits per heavy atom. The molecule has 0 aliphatic carbocycles. The number of hydrogen-bond acceptors (Lipinski definition) is 6. The number of methoxy groups -OCH3 is 3. The highest BCUT2D eigenvalue weighted by Gasteiger charge is 2.13. The van der Waals surface area contributed by atoms with Gasteiger partial charge in [0, 0.05) is 24.7 Å². The predicted molar refractivity (Wildman–Crippen MR) is 88.9 cm³/mol. The number of carbonyl (C=O) groups is 2. The second-order valence-electron chi connectivity index (χ2n) is 4.82. The Morgan fingerprint density at radius 3 is 2.50 bits per heavy atom. The van der Waals surface area contributed by atoms with Crippen molar-refractivity contribution in [3.63, 3.8) is 0 Å². The molecule has 0 saturated carbocycles. The first-order chi connectivity index (χ1) is 11.5. The van der Waals surface area contributed by atoms with Gasteiger partial charge in [-0.25, -0.2) is 0 Å². The van der Waals surface area contributed by atoms with Crippen LogP contribution in [0.2, 0.25) is 0 Å². The third-order valence-corrected chi connectivity index (χ3v) is 3.34. The normalized spacial score (nSPS) is 10.5. The molecule has 0 bridgehead atoms. The molecule has 0 aliphatic rings. The summed E-state index contributed by atoms with van der Waals surface area (Å²) in [5.74, 6) is 0.505. The number of ether oxygens (including phenoxy) is 3. The summed E-state index contributed by atoms with van der Waals surface area (Å²) in [6, 6.07) is 5.24. The SMILES string of the molecule is COC(=O)CCN(CCO)C(=O)/C=C/c1cc(OC)ccc1OC. The van der Waals surface area contributed by atoms with E-state index in [4.69, 9.17) is 14.6 Å². The van der Waals surface area contributed by atoms with Gasteiger partial charge >= 0.3 is 5.97 Å². The van der Waals surface area contributed by atoms with Crippen molar-refractivity contribution >= 4 is 18.0 Å². The number of aliphatic hydroxyl groups is 1. The van der Waals surface area contributed by atoms with Gasteiger partial charge in [-0.2, -0.15) is 0 Å². The van der Waals surface area contributed by atoms with Crippen molar-refractivity contribution in [2.45, 2.75) is 6.42 Å². The molecule has 7 nitrogen and oxygen atoms in total. The second kappa shape index (κ2) is 10.3. The van der Waals surface area contributed by atoms with Crippen LogP contribution in [0.1, 0.15) is 12.0 Å². The van der Waals surface area contributed by atoms with Crippen LogP contribution in [0.5, 0.6) is 11.5 Å². The van der Waals surface area contributed by atoms with E-state index in [1.54, 1.807) is 31.4 Å². The minimum absolute atomic E-state index is 0.0680. The average Bonchev–Trinajstić information content (AvgIpc) is 2.62. The summed E-state index contributed by atoms with van der Waals surface area (Å²) >= 11 is 0. The Labute approximate surface area is 141 Å². The molecule has 0 radical (unpaired) electrons. The molecule has 1 aromatic carbocycles. The van der Waals surface area contributed by atoms with Crippen molar-refractivity contribution < 1.29 is 28.9 Å². The van der Waals surface area contributed by atoms with Gasteiger partial charge < -0.3 is 24.2 Å². The molecule has 1 rings (SSSR count). The Bertz CT molecular complexity index is 584. The monoisotopic (exact) mass is 337 g/mol. The molecule has 0 aromatic heterocycles. The lowest BCUT2D eigenvalue weighted by molar-refractivity contribution is -0.141. The Balaban J connectivity index is 2.85. The summed E-state index contributed by atoms with van der Waals surface area (Å²) in [5, 5.41) is 9.07. The first-order valence-corrected chi connectivity index (χ1v) is 7.42. The van der Waals surface area contributed by atoms with E-state index in [1.165, 1.54) is 25.2 Å². The molecular formula is C17H23NO6. The molecular weight excluding hydrogens is 314 g/mol. The summed E-state index contributed by atoms with van der Waals surface area (Å²) in [7, 11) is 4.38. The highest BCUT2D eigenvalue weighted by Crippen LogP contribution is 2.25. The molecule has 0 atom stereocenters. The molecule has 1 N–H and O–H groups in total. The van der Waals surface area contributed by atoms with Crippen LogP contribution in [0, 0.1) is 0 Å². The third-order valence-electron chi connectivity index (χ3n) is 3.34. The minimum Gasteiger partial charge on any atom is -0.497 e. The van der Waals surface area contributed by atoms with E-state index in [2.05, 4.69) is 4.74 Å². The van der Waals surface area contributed by atoms with Crippen LogP contribution >= 0.6 is 0 Å². The summed E-state index contributed by atoms with van der Waals surface area (Å²) in [5.41, 5.74) is 0.683.